The quantitative estimate of drug-likeness (QED) is 0.828. The predicted molar refractivity (Wildman–Crippen MR) is 85.0 cm³/mol. The zero-order valence-electron chi connectivity index (χ0n) is 12.3. The fraction of sp³-hybridized carbons (Fsp3) is 0.562. The third-order valence-corrected chi connectivity index (χ3v) is 7.04. The number of hydrogen-bond donors (Lipinski definition) is 0. The molecule has 1 saturated carbocycles. The molecule has 3 rings (SSSR count). The van der Waals surface area contributed by atoms with Gasteiger partial charge in [-0.1, -0.05) is 24.4 Å². The summed E-state index contributed by atoms with van der Waals surface area (Å²) < 4.78 is 27.8. The summed E-state index contributed by atoms with van der Waals surface area (Å²) in [5.74, 6) is 0.460. The zero-order chi connectivity index (χ0) is 15.7. The van der Waals surface area contributed by atoms with Crippen molar-refractivity contribution >= 4 is 21.6 Å². The van der Waals surface area contributed by atoms with Crippen LogP contribution in [0.5, 0.6) is 0 Å². The van der Waals surface area contributed by atoms with E-state index in [1.54, 1.807) is 10.4 Å². The molecule has 2 atom stereocenters. The summed E-state index contributed by atoms with van der Waals surface area (Å²) in [6.45, 7) is 0.543. The van der Waals surface area contributed by atoms with Gasteiger partial charge >= 0.3 is 0 Å². The van der Waals surface area contributed by atoms with E-state index in [1.807, 2.05) is 6.07 Å². The average Bonchev–Trinajstić information content (AvgIpc) is 2.54. The first-order valence-electron chi connectivity index (χ1n) is 7.75. The highest BCUT2D eigenvalue weighted by atomic mass is 35.5. The van der Waals surface area contributed by atoms with Gasteiger partial charge in [0.15, 0.2) is 0 Å². The van der Waals surface area contributed by atoms with E-state index in [-0.39, 0.29) is 16.5 Å². The number of fused-ring (bicyclic) bond motifs is 1. The third kappa shape index (κ3) is 2.76. The lowest BCUT2D eigenvalue weighted by molar-refractivity contribution is 0.129. The van der Waals surface area contributed by atoms with E-state index < -0.39 is 10.0 Å². The summed E-state index contributed by atoms with van der Waals surface area (Å²) in [4.78, 5) is 0.0497. The van der Waals surface area contributed by atoms with Crippen molar-refractivity contribution in [3.05, 3.63) is 28.8 Å². The summed E-state index contributed by atoms with van der Waals surface area (Å²) in [6.07, 6.45) is 6.30. The standard InChI is InChI=1S/C16H19ClN2O2S/c17-14-8-7-13(11-18)16(10-14)22(20,21)19-9-3-5-12-4-1-2-6-15(12)19/h7-8,10,12,15H,1-6,9H2. The van der Waals surface area contributed by atoms with Crippen molar-refractivity contribution < 1.29 is 8.42 Å². The number of piperidine rings is 1. The van der Waals surface area contributed by atoms with Crippen molar-refractivity contribution in [1.29, 1.82) is 5.26 Å². The van der Waals surface area contributed by atoms with Gasteiger partial charge in [-0.15, -0.1) is 0 Å². The number of halogens is 1. The van der Waals surface area contributed by atoms with Crippen molar-refractivity contribution in [1.82, 2.24) is 4.31 Å². The minimum atomic E-state index is -3.67. The van der Waals surface area contributed by atoms with Crippen LogP contribution in [0.25, 0.3) is 0 Å². The summed E-state index contributed by atoms with van der Waals surface area (Å²) in [5.41, 5.74) is 0.169. The van der Waals surface area contributed by atoms with Gasteiger partial charge in [0.25, 0.3) is 0 Å². The lowest BCUT2D eigenvalue weighted by Gasteiger charge is -2.43. The molecule has 118 valence electrons. The molecule has 0 aromatic heterocycles. The molecule has 2 aliphatic rings. The van der Waals surface area contributed by atoms with Crippen LogP contribution in [0.3, 0.4) is 0 Å². The predicted octanol–water partition coefficient (Wildman–Crippen LogP) is 3.55. The van der Waals surface area contributed by atoms with Crippen molar-refractivity contribution in [3.63, 3.8) is 0 Å². The van der Waals surface area contributed by atoms with E-state index in [0.717, 1.165) is 32.1 Å². The first kappa shape index (κ1) is 15.8. The van der Waals surface area contributed by atoms with Gasteiger partial charge in [0.1, 0.15) is 11.0 Å². The second-order valence-corrected chi connectivity index (χ2v) is 8.42. The molecule has 0 bridgehead atoms. The second-order valence-electron chi connectivity index (χ2n) is 6.12. The number of hydrogen-bond acceptors (Lipinski definition) is 3. The lowest BCUT2D eigenvalue weighted by atomic mass is 9.79. The Bertz CT molecular complexity index is 709. The summed E-state index contributed by atoms with van der Waals surface area (Å²) in [7, 11) is -3.67. The van der Waals surface area contributed by atoms with Crippen molar-refractivity contribution in [2.75, 3.05) is 6.54 Å². The molecule has 6 heteroatoms. The van der Waals surface area contributed by atoms with Crippen molar-refractivity contribution in [3.8, 4) is 6.07 Å². The van der Waals surface area contributed by atoms with Gasteiger partial charge in [-0.05, 0) is 49.8 Å². The van der Waals surface area contributed by atoms with Gasteiger partial charge in [-0.25, -0.2) is 8.42 Å². The molecule has 1 aliphatic carbocycles. The smallest absolute Gasteiger partial charge is 0.207 e. The van der Waals surface area contributed by atoms with Crippen LogP contribution in [-0.2, 0) is 10.0 Å². The summed E-state index contributed by atoms with van der Waals surface area (Å²) in [6, 6.07) is 6.50. The largest absolute Gasteiger partial charge is 0.244 e. The molecule has 4 nitrogen and oxygen atoms in total. The minimum Gasteiger partial charge on any atom is -0.207 e. The fourth-order valence-electron chi connectivity index (χ4n) is 3.81. The zero-order valence-corrected chi connectivity index (χ0v) is 13.9. The first-order valence-corrected chi connectivity index (χ1v) is 9.57. The van der Waals surface area contributed by atoms with E-state index >= 15 is 0 Å². The molecule has 0 N–H and O–H groups in total. The van der Waals surface area contributed by atoms with Crippen LogP contribution in [0.1, 0.15) is 44.1 Å². The van der Waals surface area contributed by atoms with E-state index in [9.17, 15) is 13.7 Å². The van der Waals surface area contributed by atoms with Crippen LogP contribution in [-0.4, -0.2) is 25.3 Å². The Morgan fingerprint density at radius 2 is 1.91 bits per heavy atom. The van der Waals surface area contributed by atoms with Crippen LogP contribution in [0.15, 0.2) is 23.1 Å². The summed E-state index contributed by atoms with van der Waals surface area (Å²) in [5, 5.41) is 9.57. The van der Waals surface area contributed by atoms with Gasteiger partial charge in [0.2, 0.25) is 10.0 Å². The van der Waals surface area contributed by atoms with Crippen molar-refractivity contribution in [2.45, 2.75) is 49.5 Å². The Morgan fingerprint density at radius 1 is 1.18 bits per heavy atom. The molecule has 1 aliphatic heterocycles. The van der Waals surface area contributed by atoms with Gasteiger partial charge in [0.05, 0.1) is 5.56 Å². The Balaban J connectivity index is 2.02. The Labute approximate surface area is 136 Å². The molecule has 0 amide bonds. The topological polar surface area (TPSA) is 61.2 Å². The molecule has 2 unspecified atom stereocenters. The van der Waals surface area contributed by atoms with Crippen molar-refractivity contribution in [2.24, 2.45) is 5.92 Å². The van der Waals surface area contributed by atoms with Crippen LogP contribution < -0.4 is 0 Å². The number of benzene rings is 1. The molecular formula is C16H19ClN2O2S. The maximum absolute atomic E-state index is 13.1. The monoisotopic (exact) mass is 338 g/mol. The number of rotatable bonds is 2. The molecule has 2 fully saturated rings. The van der Waals surface area contributed by atoms with E-state index in [4.69, 9.17) is 11.6 Å². The minimum absolute atomic E-state index is 0.0497. The molecule has 1 aromatic carbocycles. The highest BCUT2D eigenvalue weighted by Crippen LogP contribution is 2.38. The van der Waals surface area contributed by atoms with Gasteiger partial charge in [-0.3, -0.25) is 0 Å². The average molecular weight is 339 g/mol. The third-order valence-electron chi connectivity index (χ3n) is 4.84. The molecule has 1 saturated heterocycles. The molecule has 0 spiro atoms. The van der Waals surface area contributed by atoms with Gasteiger partial charge < -0.3 is 0 Å². The van der Waals surface area contributed by atoms with E-state index in [2.05, 4.69) is 0 Å². The Hall–Kier alpha value is -1.09. The SMILES string of the molecule is N#Cc1ccc(Cl)cc1S(=O)(=O)N1CCCC2CCCCC21. The van der Waals surface area contributed by atoms with Crippen LogP contribution in [0.2, 0.25) is 5.02 Å². The summed E-state index contributed by atoms with van der Waals surface area (Å²) >= 11 is 5.96. The first-order chi connectivity index (χ1) is 10.5. The Kier molecular flexibility index (Phi) is 4.44. The van der Waals surface area contributed by atoms with E-state index in [1.165, 1.54) is 18.6 Å². The maximum atomic E-state index is 13.1. The van der Waals surface area contributed by atoms with Gasteiger partial charge in [-0.2, -0.15) is 9.57 Å². The Morgan fingerprint density at radius 3 is 2.68 bits per heavy atom. The van der Waals surface area contributed by atoms with Crippen LogP contribution >= 0.6 is 11.6 Å². The number of nitrogens with zero attached hydrogens (tertiary/aromatic N) is 2. The number of nitriles is 1. The van der Waals surface area contributed by atoms with Crippen LogP contribution in [0, 0.1) is 17.2 Å². The number of sulfonamides is 1. The lowest BCUT2D eigenvalue weighted by Crippen LogP contribution is -2.49. The molecular weight excluding hydrogens is 320 g/mol. The normalized spacial score (nSPS) is 26.2. The second kappa shape index (κ2) is 6.19. The molecule has 0 radical (unpaired) electrons. The molecule has 22 heavy (non-hydrogen) atoms. The highest BCUT2D eigenvalue weighted by Gasteiger charge is 2.40. The van der Waals surface area contributed by atoms with Gasteiger partial charge in [0, 0.05) is 17.6 Å². The maximum Gasteiger partial charge on any atom is 0.244 e. The van der Waals surface area contributed by atoms with E-state index in [0.29, 0.717) is 17.5 Å². The highest BCUT2D eigenvalue weighted by molar-refractivity contribution is 7.89. The molecule has 1 aromatic rings. The fourth-order valence-corrected chi connectivity index (χ4v) is 5.97. The molecule has 1 heterocycles. The van der Waals surface area contributed by atoms with Crippen LogP contribution in [0.4, 0.5) is 0 Å².